The van der Waals surface area contributed by atoms with E-state index in [1.807, 2.05) is 18.2 Å². The van der Waals surface area contributed by atoms with Crippen LogP contribution in [0.5, 0.6) is 5.75 Å². The zero-order valence-corrected chi connectivity index (χ0v) is 13.4. The molecule has 114 valence electrons. The molecule has 2 rings (SSSR count). The molecule has 1 aromatic rings. The Kier molecular flexibility index (Phi) is 5.78. The summed E-state index contributed by atoms with van der Waals surface area (Å²) in [5.41, 5.74) is 0.814. The largest absolute Gasteiger partial charge is 0.496 e. The second-order valence-electron chi connectivity index (χ2n) is 4.66. The number of carbonyl (C=O) groups is 1. The van der Waals surface area contributed by atoms with Gasteiger partial charge in [0.25, 0.3) is 0 Å². The molecular formula is C15H18BrNO4. The van der Waals surface area contributed by atoms with Crippen molar-refractivity contribution in [3.8, 4) is 5.75 Å². The smallest absolute Gasteiger partial charge is 0.247 e. The highest BCUT2D eigenvalue weighted by molar-refractivity contribution is 9.10. The molecule has 21 heavy (non-hydrogen) atoms. The second kappa shape index (κ2) is 7.59. The van der Waals surface area contributed by atoms with Gasteiger partial charge in [-0.1, -0.05) is 15.9 Å². The van der Waals surface area contributed by atoms with Crippen molar-refractivity contribution in [2.45, 2.75) is 6.04 Å². The average molecular weight is 356 g/mol. The number of ether oxygens (including phenoxy) is 2. The Morgan fingerprint density at radius 1 is 1.62 bits per heavy atom. The van der Waals surface area contributed by atoms with Crippen molar-refractivity contribution in [2.75, 3.05) is 33.5 Å². The third-order valence-electron chi connectivity index (χ3n) is 3.32. The maximum Gasteiger partial charge on any atom is 0.247 e. The lowest BCUT2D eigenvalue weighted by molar-refractivity contribution is -0.136. The van der Waals surface area contributed by atoms with E-state index in [0.29, 0.717) is 25.5 Å². The maximum atomic E-state index is 12.2. The van der Waals surface area contributed by atoms with Crippen LogP contribution in [0, 0.1) is 0 Å². The molecule has 0 saturated carbocycles. The van der Waals surface area contributed by atoms with E-state index >= 15 is 0 Å². The molecule has 0 bridgehead atoms. The summed E-state index contributed by atoms with van der Waals surface area (Å²) >= 11 is 3.40. The first kappa shape index (κ1) is 16.0. The molecule has 5 nitrogen and oxygen atoms in total. The molecule has 1 aliphatic rings. The highest BCUT2D eigenvalue weighted by Crippen LogP contribution is 2.24. The van der Waals surface area contributed by atoms with Gasteiger partial charge in [0.1, 0.15) is 5.75 Å². The van der Waals surface area contributed by atoms with Crippen molar-refractivity contribution in [3.63, 3.8) is 0 Å². The van der Waals surface area contributed by atoms with Crippen LogP contribution in [0.15, 0.2) is 28.7 Å². The van der Waals surface area contributed by atoms with Crippen molar-refractivity contribution >= 4 is 27.9 Å². The molecule has 1 amide bonds. The summed E-state index contributed by atoms with van der Waals surface area (Å²) in [5, 5.41) is 9.29. The Hall–Kier alpha value is -1.37. The van der Waals surface area contributed by atoms with Crippen molar-refractivity contribution in [1.82, 2.24) is 4.90 Å². The number of carbonyl (C=O) groups excluding carboxylic acids is 1. The molecule has 1 fully saturated rings. The van der Waals surface area contributed by atoms with Gasteiger partial charge in [0.05, 0.1) is 33.0 Å². The summed E-state index contributed by atoms with van der Waals surface area (Å²) in [6.07, 6.45) is 3.22. The summed E-state index contributed by atoms with van der Waals surface area (Å²) in [5.74, 6) is 0.558. The summed E-state index contributed by atoms with van der Waals surface area (Å²) in [6.45, 7) is 1.26. The SMILES string of the molecule is COc1ccc(Br)cc1/C=C/C(=O)N1CCOCC1CO. The van der Waals surface area contributed by atoms with Gasteiger partial charge >= 0.3 is 0 Å². The second-order valence-corrected chi connectivity index (χ2v) is 5.58. The standard InChI is InChI=1S/C15H18BrNO4/c1-20-14-4-3-12(16)8-11(14)2-5-15(19)17-6-7-21-10-13(17)9-18/h2-5,8,13,18H,6-7,9-10H2,1H3/b5-2+. The van der Waals surface area contributed by atoms with E-state index in [2.05, 4.69) is 15.9 Å². The van der Waals surface area contributed by atoms with Gasteiger partial charge in [-0.3, -0.25) is 4.79 Å². The number of aliphatic hydroxyl groups excluding tert-OH is 1. The third-order valence-corrected chi connectivity index (χ3v) is 3.81. The van der Waals surface area contributed by atoms with Gasteiger partial charge in [0, 0.05) is 22.7 Å². The molecule has 1 heterocycles. The van der Waals surface area contributed by atoms with Crippen LogP contribution in [-0.4, -0.2) is 55.4 Å². The Morgan fingerprint density at radius 3 is 3.14 bits per heavy atom. The highest BCUT2D eigenvalue weighted by Gasteiger charge is 2.25. The number of rotatable bonds is 4. The van der Waals surface area contributed by atoms with Gasteiger partial charge in [-0.2, -0.15) is 0 Å². The Morgan fingerprint density at radius 2 is 2.43 bits per heavy atom. The highest BCUT2D eigenvalue weighted by atomic mass is 79.9. The number of nitrogens with zero attached hydrogens (tertiary/aromatic N) is 1. The normalized spacial score (nSPS) is 19.0. The number of methoxy groups -OCH3 is 1. The van der Waals surface area contributed by atoms with Crippen molar-refractivity contribution < 1.29 is 19.4 Å². The maximum absolute atomic E-state index is 12.2. The quantitative estimate of drug-likeness (QED) is 0.835. The van der Waals surface area contributed by atoms with Crippen LogP contribution >= 0.6 is 15.9 Å². The van der Waals surface area contributed by atoms with Crippen molar-refractivity contribution in [2.24, 2.45) is 0 Å². The zero-order chi connectivity index (χ0) is 15.2. The van der Waals surface area contributed by atoms with E-state index < -0.39 is 0 Å². The number of benzene rings is 1. The van der Waals surface area contributed by atoms with E-state index in [4.69, 9.17) is 9.47 Å². The number of hydrogen-bond acceptors (Lipinski definition) is 4. The molecular weight excluding hydrogens is 338 g/mol. The van der Waals surface area contributed by atoms with Crippen LogP contribution in [0.2, 0.25) is 0 Å². The molecule has 0 aliphatic carbocycles. The van der Waals surface area contributed by atoms with E-state index in [9.17, 15) is 9.90 Å². The van der Waals surface area contributed by atoms with Gasteiger partial charge < -0.3 is 19.5 Å². The number of amides is 1. The van der Waals surface area contributed by atoms with E-state index in [-0.39, 0.29) is 18.6 Å². The Labute approximate surface area is 132 Å². The monoisotopic (exact) mass is 355 g/mol. The topological polar surface area (TPSA) is 59.0 Å². The molecule has 0 aromatic heterocycles. The fraction of sp³-hybridized carbons (Fsp3) is 0.400. The molecule has 1 N–H and O–H groups in total. The van der Waals surface area contributed by atoms with E-state index in [1.54, 1.807) is 18.1 Å². The van der Waals surface area contributed by atoms with Crippen molar-refractivity contribution in [1.29, 1.82) is 0 Å². The summed E-state index contributed by atoms with van der Waals surface area (Å²) in [4.78, 5) is 13.9. The minimum atomic E-state index is -0.277. The van der Waals surface area contributed by atoms with Crippen LogP contribution in [-0.2, 0) is 9.53 Å². The third kappa shape index (κ3) is 4.06. The Bertz CT molecular complexity index is 532. The predicted molar refractivity (Wildman–Crippen MR) is 83.1 cm³/mol. The summed E-state index contributed by atoms with van der Waals surface area (Å²) < 4.78 is 11.4. The van der Waals surface area contributed by atoms with E-state index in [0.717, 1.165) is 10.0 Å². The van der Waals surface area contributed by atoms with Crippen LogP contribution in [0.1, 0.15) is 5.56 Å². The number of halogens is 1. The molecule has 1 saturated heterocycles. The van der Waals surface area contributed by atoms with Crippen molar-refractivity contribution in [3.05, 3.63) is 34.3 Å². The van der Waals surface area contributed by atoms with Gasteiger partial charge in [-0.05, 0) is 24.3 Å². The van der Waals surface area contributed by atoms with Gasteiger partial charge in [-0.15, -0.1) is 0 Å². The molecule has 0 spiro atoms. The fourth-order valence-electron chi connectivity index (χ4n) is 2.19. The molecule has 6 heteroatoms. The fourth-order valence-corrected chi connectivity index (χ4v) is 2.57. The van der Waals surface area contributed by atoms with E-state index in [1.165, 1.54) is 6.08 Å². The number of morpholine rings is 1. The molecule has 0 radical (unpaired) electrons. The lowest BCUT2D eigenvalue weighted by Crippen LogP contribution is -2.49. The number of aliphatic hydroxyl groups is 1. The first-order chi connectivity index (χ1) is 10.2. The summed E-state index contributed by atoms with van der Waals surface area (Å²) in [7, 11) is 1.59. The zero-order valence-electron chi connectivity index (χ0n) is 11.8. The van der Waals surface area contributed by atoms with Crippen LogP contribution in [0.4, 0.5) is 0 Å². The van der Waals surface area contributed by atoms with Gasteiger partial charge in [-0.25, -0.2) is 0 Å². The Balaban J connectivity index is 2.13. The number of hydrogen-bond donors (Lipinski definition) is 1. The predicted octanol–water partition coefficient (Wildman–Crippen LogP) is 1.69. The van der Waals surface area contributed by atoms with Gasteiger partial charge in [0.2, 0.25) is 5.91 Å². The average Bonchev–Trinajstić information content (AvgIpc) is 2.52. The van der Waals surface area contributed by atoms with Crippen LogP contribution in [0.25, 0.3) is 6.08 Å². The minimum absolute atomic E-state index is 0.0974. The minimum Gasteiger partial charge on any atom is -0.496 e. The van der Waals surface area contributed by atoms with Gasteiger partial charge in [0.15, 0.2) is 0 Å². The van der Waals surface area contributed by atoms with Crippen LogP contribution in [0.3, 0.4) is 0 Å². The lowest BCUT2D eigenvalue weighted by atomic mass is 10.1. The first-order valence-corrected chi connectivity index (χ1v) is 7.46. The van der Waals surface area contributed by atoms with Crippen LogP contribution < -0.4 is 4.74 Å². The molecule has 1 aromatic carbocycles. The lowest BCUT2D eigenvalue weighted by Gasteiger charge is -2.33. The molecule has 1 unspecified atom stereocenters. The molecule has 1 aliphatic heterocycles. The first-order valence-electron chi connectivity index (χ1n) is 6.66. The molecule has 1 atom stereocenters. The summed E-state index contributed by atoms with van der Waals surface area (Å²) in [6, 6.07) is 5.31.